The summed E-state index contributed by atoms with van der Waals surface area (Å²) in [6.07, 6.45) is 2.51. The summed E-state index contributed by atoms with van der Waals surface area (Å²) < 4.78 is 40.1. The monoisotopic (exact) mass is 470 g/mol. The maximum Gasteiger partial charge on any atom is 0.418 e. The second-order valence-corrected chi connectivity index (χ2v) is 8.85. The van der Waals surface area contributed by atoms with Gasteiger partial charge >= 0.3 is 6.18 Å². The van der Waals surface area contributed by atoms with Crippen LogP contribution in [0.2, 0.25) is 5.02 Å². The minimum absolute atomic E-state index is 0.0185. The molecular formula is C25H22ClF3N4. The third-order valence-corrected chi connectivity index (χ3v) is 6.46. The van der Waals surface area contributed by atoms with Crippen LogP contribution in [0.4, 0.5) is 24.5 Å². The fourth-order valence-corrected chi connectivity index (χ4v) is 4.77. The third kappa shape index (κ3) is 4.55. The first-order valence-corrected chi connectivity index (χ1v) is 11.3. The lowest BCUT2D eigenvalue weighted by Crippen LogP contribution is -2.32. The van der Waals surface area contributed by atoms with Crippen LogP contribution in [0.5, 0.6) is 0 Å². The van der Waals surface area contributed by atoms with Crippen LogP contribution in [-0.4, -0.2) is 22.1 Å². The number of anilines is 2. The van der Waals surface area contributed by atoms with E-state index < -0.39 is 11.7 Å². The lowest BCUT2D eigenvalue weighted by molar-refractivity contribution is -0.136. The van der Waals surface area contributed by atoms with E-state index in [0.29, 0.717) is 22.1 Å². The highest BCUT2D eigenvalue weighted by atomic mass is 35.5. The van der Waals surface area contributed by atoms with Gasteiger partial charge in [-0.3, -0.25) is 9.97 Å². The lowest BCUT2D eigenvalue weighted by atomic mass is 9.90. The number of hydrogen-bond acceptors (Lipinski definition) is 4. The highest BCUT2D eigenvalue weighted by Gasteiger charge is 2.33. The SMILES string of the molecule is FC(F)(F)c1cccc2c(N[C@H]3CC[C@@H](Nc4ccnc5cc(Cl)ccc45)CC3)ccnc12. The Hall–Kier alpha value is -3.06. The van der Waals surface area contributed by atoms with Crippen molar-refractivity contribution in [2.24, 2.45) is 0 Å². The molecule has 4 nitrogen and oxygen atoms in total. The molecule has 1 aliphatic carbocycles. The predicted molar refractivity (Wildman–Crippen MR) is 127 cm³/mol. The number of halogens is 4. The molecule has 0 aliphatic heterocycles. The van der Waals surface area contributed by atoms with Gasteiger partial charge in [0, 0.05) is 51.6 Å². The quantitative estimate of drug-likeness (QED) is 0.329. The van der Waals surface area contributed by atoms with Crippen LogP contribution in [0.3, 0.4) is 0 Å². The number of nitrogens with one attached hydrogen (secondary N) is 2. The van der Waals surface area contributed by atoms with Gasteiger partial charge in [0.1, 0.15) is 0 Å². The second-order valence-electron chi connectivity index (χ2n) is 8.42. The predicted octanol–water partition coefficient (Wildman–Crippen LogP) is 7.29. The number of nitrogens with zero attached hydrogens (tertiary/aromatic N) is 2. The fourth-order valence-electron chi connectivity index (χ4n) is 4.60. The standard InChI is InChI=1S/C25H22ClF3N4/c26-15-4-9-18-21(10-12-30-23(18)14-15)32-16-5-7-17(8-6-16)33-22-11-13-31-24-19(22)2-1-3-20(24)25(27,28)29/h1-4,9-14,16-17H,5-8H2,(H,30,32)(H,31,33)/t16-,17+. The number of aromatic nitrogens is 2. The summed E-state index contributed by atoms with van der Waals surface area (Å²) in [6.45, 7) is 0. The molecular weight excluding hydrogens is 449 g/mol. The average Bonchev–Trinajstić information content (AvgIpc) is 2.79. The summed E-state index contributed by atoms with van der Waals surface area (Å²) in [7, 11) is 0. The van der Waals surface area contributed by atoms with E-state index in [0.717, 1.165) is 48.3 Å². The molecule has 1 saturated carbocycles. The number of hydrogen-bond donors (Lipinski definition) is 2. The maximum atomic E-state index is 13.4. The first-order chi connectivity index (χ1) is 15.9. The molecule has 2 aromatic carbocycles. The summed E-state index contributed by atoms with van der Waals surface area (Å²) in [4.78, 5) is 8.40. The van der Waals surface area contributed by atoms with E-state index in [-0.39, 0.29) is 11.6 Å². The van der Waals surface area contributed by atoms with Crippen molar-refractivity contribution in [3.05, 3.63) is 71.5 Å². The van der Waals surface area contributed by atoms with Gasteiger partial charge in [-0.25, -0.2) is 0 Å². The minimum atomic E-state index is -4.43. The van der Waals surface area contributed by atoms with Crippen molar-refractivity contribution < 1.29 is 13.2 Å². The van der Waals surface area contributed by atoms with Gasteiger partial charge in [0.05, 0.1) is 16.6 Å². The summed E-state index contributed by atoms with van der Waals surface area (Å²) in [6, 6.07) is 14.1. The molecule has 0 radical (unpaired) electrons. The lowest BCUT2D eigenvalue weighted by Gasteiger charge is -2.31. The van der Waals surface area contributed by atoms with E-state index in [2.05, 4.69) is 20.6 Å². The van der Waals surface area contributed by atoms with Crippen LogP contribution in [-0.2, 0) is 6.18 Å². The van der Waals surface area contributed by atoms with Crippen molar-refractivity contribution in [2.45, 2.75) is 43.9 Å². The zero-order valence-electron chi connectivity index (χ0n) is 17.7. The highest BCUT2D eigenvalue weighted by Crippen LogP contribution is 2.36. The van der Waals surface area contributed by atoms with Gasteiger partial charge in [-0.15, -0.1) is 0 Å². The number of para-hydroxylation sites is 1. The fraction of sp³-hybridized carbons (Fsp3) is 0.280. The van der Waals surface area contributed by atoms with Crippen molar-refractivity contribution in [1.82, 2.24) is 9.97 Å². The molecule has 5 rings (SSSR count). The van der Waals surface area contributed by atoms with E-state index in [1.54, 1.807) is 18.3 Å². The zero-order valence-corrected chi connectivity index (χ0v) is 18.4. The Morgan fingerprint density at radius 3 is 2.09 bits per heavy atom. The van der Waals surface area contributed by atoms with Crippen molar-refractivity contribution in [3.63, 3.8) is 0 Å². The van der Waals surface area contributed by atoms with Gasteiger partial charge in [0.15, 0.2) is 0 Å². The van der Waals surface area contributed by atoms with Gasteiger partial charge in [0.25, 0.3) is 0 Å². The van der Waals surface area contributed by atoms with Crippen LogP contribution in [0.1, 0.15) is 31.2 Å². The van der Waals surface area contributed by atoms with E-state index in [1.807, 2.05) is 24.3 Å². The Morgan fingerprint density at radius 1 is 0.788 bits per heavy atom. The van der Waals surface area contributed by atoms with E-state index in [9.17, 15) is 13.2 Å². The smallest absolute Gasteiger partial charge is 0.382 e. The molecule has 0 bridgehead atoms. The number of fused-ring (bicyclic) bond motifs is 2. The zero-order chi connectivity index (χ0) is 23.0. The molecule has 8 heteroatoms. The Balaban J connectivity index is 1.28. The Labute approximate surface area is 194 Å². The molecule has 0 unspecified atom stereocenters. The third-order valence-electron chi connectivity index (χ3n) is 6.23. The van der Waals surface area contributed by atoms with E-state index in [1.165, 1.54) is 12.3 Å². The number of rotatable bonds is 4. The summed E-state index contributed by atoms with van der Waals surface area (Å²) >= 11 is 6.09. The Morgan fingerprint density at radius 2 is 1.42 bits per heavy atom. The molecule has 1 aliphatic rings. The van der Waals surface area contributed by atoms with Crippen LogP contribution < -0.4 is 10.6 Å². The number of pyridine rings is 2. The highest BCUT2D eigenvalue weighted by molar-refractivity contribution is 6.31. The molecule has 0 amide bonds. The Kier molecular flexibility index (Phi) is 5.74. The van der Waals surface area contributed by atoms with Gasteiger partial charge in [-0.1, -0.05) is 23.7 Å². The van der Waals surface area contributed by atoms with Gasteiger partial charge in [0.2, 0.25) is 0 Å². The van der Waals surface area contributed by atoms with Crippen molar-refractivity contribution in [1.29, 1.82) is 0 Å². The first kappa shape index (κ1) is 21.8. The van der Waals surface area contributed by atoms with Crippen molar-refractivity contribution >= 4 is 44.8 Å². The number of benzene rings is 2. The normalized spacial score (nSPS) is 19.0. The summed E-state index contributed by atoms with van der Waals surface area (Å²) in [5, 5.41) is 9.28. The molecule has 0 atom stereocenters. The molecule has 0 spiro atoms. The molecule has 0 saturated heterocycles. The van der Waals surface area contributed by atoms with Crippen LogP contribution in [0.25, 0.3) is 21.8 Å². The van der Waals surface area contributed by atoms with Gasteiger partial charge < -0.3 is 10.6 Å². The van der Waals surface area contributed by atoms with Gasteiger partial charge in [-0.2, -0.15) is 13.2 Å². The molecule has 33 heavy (non-hydrogen) atoms. The minimum Gasteiger partial charge on any atom is -0.382 e. The van der Waals surface area contributed by atoms with E-state index >= 15 is 0 Å². The second kappa shape index (κ2) is 8.71. The van der Waals surface area contributed by atoms with Crippen LogP contribution >= 0.6 is 11.6 Å². The average molecular weight is 471 g/mol. The summed E-state index contributed by atoms with van der Waals surface area (Å²) in [5.74, 6) is 0. The van der Waals surface area contributed by atoms with E-state index in [4.69, 9.17) is 11.6 Å². The van der Waals surface area contributed by atoms with Gasteiger partial charge in [-0.05, 0) is 62.1 Å². The molecule has 1 fully saturated rings. The largest absolute Gasteiger partial charge is 0.418 e. The Bertz CT molecular complexity index is 1300. The van der Waals surface area contributed by atoms with Crippen LogP contribution in [0, 0.1) is 0 Å². The first-order valence-electron chi connectivity index (χ1n) is 10.9. The molecule has 2 heterocycles. The topological polar surface area (TPSA) is 49.8 Å². The van der Waals surface area contributed by atoms with Crippen molar-refractivity contribution in [2.75, 3.05) is 10.6 Å². The maximum absolute atomic E-state index is 13.4. The molecule has 4 aromatic rings. The molecule has 2 N–H and O–H groups in total. The summed E-state index contributed by atoms with van der Waals surface area (Å²) in [5.41, 5.74) is 1.86. The molecule has 2 aromatic heterocycles. The molecule has 170 valence electrons. The van der Waals surface area contributed by atoms with Crippen LogP contribution in [0.15, 0.2) is 60.9 Å². The number of alkyl halides is 3. The van der Waals surface area contributed by atoms with Crippen molar-refractivity contribution in [3.8, 4) is 0 Å².